The fourth-order valence-electron chi connectivity index (χ4n) is 1.07. The van der Waals surface area contributed by atoms with E-state index in [1.165, 1.54) is 0 Å². The summed E-state index contributed by atoms with van der Waals surface area (Å²) in [7, 11) is 1.65. The van der Waals surface area contributed by atoms with Gasteiger partial charge in [0, 0.05) is 11.8 Å². The van der Waals surface area contributed by atoms with E-state index in [4.69, 9.17) is 4.74 Å². The van der Waals surface area contributed by atoms with Gasteiger partial charge in [0.15, 0.2) is 0 Å². The van der Waals surface area contributed by atoms with Crippen molar-refractivity contribution in [2.45, 2.75) is 12.8 Å². The van der Waals surface area contributed by atoms with Crippen LogP contribution in [0.5, 0.6) is 5.88 Å². The molecule has 0 N–H and O–H groups in total. The van der Waals surface area contributed by atoms with E-state index in [1.54, 1.807) is 13.3 Å². The van der Waals surface area contributed by atoms with E-state index >= 15 is 0 Å². The van der Waals surface area contributed by atoms with Crippen molar-refractivity contribution >= 4 is 12.6 Å². The molecule has 1 aromatic heterocycles. The molecule has 0 fully saturated rings. The van der Waals surface area contributed by atoms with Crippen LogP contribution in [0.1, 0.15) is 12.0 Å². The highest BCUT2D eigenvalue weighted by molar-refractivity contribution is 7.80. The maximum Gasteiger partial charge on any atom is 0.216 e. The SMILES string of the molecule is COc1ncccc1CCCS. The Hall–Kier alpha value is -0.700. The summed E-state index contributed by atoms with van der Waals surface area (Å²) in [6.45, 7) is 0. The van der Waals surface area contributed by atoms with Gasteiger partial charge in [0.1, 0.15) is 0 Å². The molecule has 0 bridgehead atoms. The first-order valence-electron chi connectivity index (χ1n) is 3.97. The second-order valence-corrected chi connectivity index (χ2v) is 2.95. The Bertz CT molecular complexity index is 240. The largest absolute Gasteiger partial charge is 0.481 e. The number of nitrogens with zero attached hydrogens (tertiary/aromatic N) is 1. The molecule has 2 nitrogen and oxygen atoms in total. The smallest absolute Gasteiger partial charge is 0.216 e. The molecule has 12 heavy (non-hydrogen) atoms. The molecular weight excluding hydrogens is 170 g/mol. The third-order valence-corrected chi connectivity index (χ3v) is 1.96. The Morgan fingerprint density at radius 1 is 1.58 bits per heavy atom. The van der Waals surface area contributed by atoms with E-state index in [0.29, 0.717) is 0 Å². The van der Waals surface area contributed by atoms with Crippen LogP contribution in [-0.2, 0) is 6.42 Å². The van der Waals surface area contributed by atoms with E-state index in [-0.39, 0.29) is 0 Å². The van der Waals surface area contributed by atoms with Gasteiger partial charge >= 0.3 is 0 Å². The molecule has 0 aromatic carbocycles. The first kappa shape index (κ1) is 9.39. The third kappa shape index (κ3) is 2.41. The summed E-state index contributed by atoms with van der Waals surface area (Å²) in [5.41, 5.74) is 1.16. The van der Waals surface area contributed by atoms with E-state index in [9.17, 15) is 0 Å². The number of pyridine rings is 1. The first-order chi connectivity index (χ1) is 5.88. The van der Waals surface area contributed by atoms with Gasteiger partial charge in [0.05, 0.1) is 7.11 Å². The Balaban J connectivity index is 2.68. The van der Waals surface area contributed by atoms with Crippen molar-refractivity contribution in [3.8, 4) is 5.88 Å². The Kier molecular flexibility index (Phi) is 3.94. The van der Waals surface area contributed by atoms with Crippen molar-refractivity contribution in [1.29, 1.82) is 0 Å². The van der Waals surface area contributed by atoms with Crippen LogP contribution in [0.15, 0.2) is 18.3 Å². The first-order valence-corrected chi connectivity index (χ1v) is 4.60. The average Bonchev–Trinajstić information content (AvgIpc) is 2.15. The second kappa shape index (κ2) is 5.04. The Morgan fingerprint density at radius 3 is 3.08 bits per heavy atom. The minimum absolute atomic E-state index is 0.735. The van der Waals surface area contributed by atoms with E-state index < -0.39 is 0 Å². The predicted molar refractivity (Wildman–Crippen MR) is 53.0 cm³/mol. The van der Waals surface area contributed by atoms with Crippen LogP contribution in [-0.4, -0.2) is 17.8 Å². The summed E-state index contributed by atoms with van der Waals surface area (Å²) in [5, 5.41) is 0. The Labute approximate surface area is 78.4 Å². The molecule has 3 heteroatoms. The van der Waals surface area contributed by atoms with Crippen LogP contribution in [0.4, 0.5) is 0 Å². The van der Waals surface area contributed by atoms with Crippen molar-refractivity contribution in [3.63, 3.8) is 0 Å². The summed E-state index contributed by atoms with van der Waals surface area (Å²) in [4.78, 5) is 4.10. The van der Waals surface area contributed by atoms with Gasteiger partial charge in [-0.05, 0) is 24.7 Å². The lowest BCUT2D eigenvalue weighted by molar-refractivity contribution is 0.392. The van der Waals surface area contributed by atoms with E-state index in [2.05, 4.69) is 17.6 Å². The number of hydrogen-bond donors (Lipinski definition) is 1. The molecule has 1 heterocycles. The summed E-state index contributed by atoms with van der Waals surface area (Å²) >= 11 is 4.15. The van der Waals surface area contributed by atoms with Gasteiger partial charge < -0.3 is 4.74 Å². The molecule has 0 unspecified atom stereocenters. The molecule has 0 aliphatic carbocycles. The average molecular weight is 183 g/mol. The van der Waals surface area contributed by atoms with Gasteiger partial charge in [-0.2, -0.15) is 12.6 Å². The van der Waals surface area contributed by atoms with Crippen LogP contribution < -0.4 is 4.74 Å². The number of methoxy groups -OCH3 is 1. The molecule has 0 atom stereocenters. The highest BCUT2D eigenvalue weighted by Crippen LogP contribution is 2.15. The number of ether oxygens (including phenoxy) is 1. The van der Waals surface area contributed by atoms with Crippen LogP contribution >= 0.6 is 12.6 Å². The number of rotatable bonds is 4. The molecule has 0 saturated heterocycles. The number of aromatic nitrogens is 1. The van der Waals surface area contributed by atoms with Gasteiger partial charge in [-0.3, -0.25) is 0 Å². The van der Waals surface area contributed by atoms with E-state index in [1.807, 2.05) is 12.1 Å². The maximum absolute atomic E-state index is 5.11. The van der Waals surface area contributed by atoms with Crippen molar-refractivity contribution < 1.29 is 4.74 Å². The Morgan fingerprint density at radius 2 is 2.42 bits per heavy atom. The monoisotopic (exact) mass is 183 g/mol. The maximum atomic E-state index is 5.11. The highest BCUT2D eigenvalue weighted by Gasteiger charge is 2.00. The normalized spacial score (nSPS) is 9.83. The molecular formula is C9H13NOS. The minimum Gasteiger partial charge on any atom is -0.481 e. The molecule has 66 valence electrons. The van der Waals surface area contributed by atoms with Crippen LogP contribution in [0, 0.1) is 0 Å². The number of thiol groups is 1. The topological polar surface area (TPSA) is 22.1 Å². The van der Waals surface area contributed by atoms with Crippen molar-refractivity contribution in [2.24, 2.45) is 0 Å². The number of hydrogen-bond acceptors (Lipinski definition) is 3. The number of aryl methyl sites for hydroxylation is 1. The highest BCUT2D eigenvalue weighted by atomic mass is 32.1. The van der Waals surface area contributed by atoms with Gasteiger partial charge in [0.2, 0.25) is 5.88 Å². The summed E-state index contributed by atoms with van der Waals surface area (Å²) in [5.74, 6) is 1.64. The van der Waals surface area contributed by atoms with Crippen molar-refractivity contribution in [1.82, 2.24) is 4.98 Å². The van der Waals surface area contributed by atoms with Crippen LogP contribution in [0.3, 0.4) is 0 Å². The molecule has 0 radical (unpaired) electrons. The second-order valence-electron chi connectivity index (χ2n) is 2.50. The van der Waals surface area contributed by atoms with E-state index in [0.717, 1.165) is 30.0 Å². The lowest BCUT2D eigenvalue weighted by Crippen LogP contribution is -1.94. The molecule has 0 saturated carbocycles. The zero-order valence-corrected chi connectivity index (χ0v) is 8.05. The molecule has 0 amide bonds. The van der Waals surface area contributed by atoms with Gasteiger partial charge in [-0.25, -0.2) is 4.98 Å². The van der Waals surface area contributed by atoms with Crippen molar-refractivity contribution in [2.75, 3.05) is 12.9 Å². The lowest BCUT2D eigenvalue weighted by atomic mass is 10.1. The zero-order chi connectivity index (χ0) is 8.81. The summed E-state index contributed by atoms with van der Waals surface area (Å²) < 4.78 is 5.11. The zero-order valence-electron chi connectivity index (χ0n) is 7.16. The molecule has 0 spiro atoms. The van der Waals surface area contributed by atoms with Gasteiger partial charge in [-0.15, -0.1) is 0 Å². The van der Waals surface area contributed by atoms with Gasteiger partial charge in [0.25, 0.3) is 0 Å². The summed E-state index contributed by atoms with van der Waals surface area (Å²) in [6.07, 6.45) is 3.79. The minimum atomic E-state index is 0.735. The van der Waals surface area contributed by atoms with Gasteiger partial charge in [-0.1, -0.05) is 6.07 Å². The fourth-order valence-corrected chi connectivity index (χ4v) is 1.23. The molecule has 1 aromatic rings. The van der Waals surface area contributed by atoms with Crippen molar-refractivity contribution in [3.05, 3.63) is 23.9 Å². The summed E-state index contributed by atoms with van der Waals surface area (Å²) in [6, 6.07) is 3.96. The van der Waals surface area contributed by atoms with Crippen LogP contribution in [0.2, 0.25) is 0 Å². The quantitative estimate of drug-likeness (QED) is 0.721. The third-order valence-electron chi connectivity index (χ3n) is 1.65. The molecule has 0 aliphatic rings. The standard InChI is InChI=1S/C9H13NOS/c1-11-9-8(5-3-7-12)4-2-6-10-9/h2,4,6,12H,3,5,7H2,1H3. The fraction of sp³-hybridized carbons (Fsp3) is 0.444. The predicted octanol–water partition coefficient (Wildman–Crippen LogP) is 1.95. The molecule has 1 rings (SSSR count). The molecule has 0 aliphatic heterocycles. The lowest BCUT2D eigenvalue weighted by Gasteiger charge is -2.04. The van der Waals surface area contributed by atoms with Crippen LogP contribution in [0.25, 0.3) is 0 Å².